The zero-order chi connectivity index (χ0) is 17.7. The predicted octanol–water partition coefficient (Wildman–Crippen LogP) is 5.94. The summed E-state index contributed by atoms with van der Waals surface area (Å²) in [5.74, 6) is 0. The molecule has 0 aromatic heterocycles. The summed E-state index contributed by atoms with van der Waals surface area (Å²) in [7, 11) is 4.23. The summed E-state index contributed by atoms with van der Waals surface area (Å²) >= 11 is 6.10. The average Bonchev–Trinajstić information content (AvgIpc) is 2.82. The molecule has 1 atom stereocenters. The van der Waals surface area contributed by atoms with Crippen LogP contribution in [0.25, 0.3) is 0 Å². The van der Waals surface area contributed by atoms with Crippen molar-refractivity contribution in [3.05, 3.63) is 82.5 Å². The second kappa shape index (κ2) is 8.00. The first-order valence-corrected chi connectivity index (χ1v) is 8.90. The van der Waals surface area contributed by atoms with E-state index in [2.05, 4.69) is 69.8 Å². The van der Waals surface area contributed by atoms with Crippen molar-refractivity contribution in [2.45, 2.75) is 32.1 Å². The molecule has 0 N–H and O–H groups in total. The van der Waals surface area contributed by atoms with Gasteiger partial charge in [-0.3, -0.25) is 0 Å². The molecule has 0 spiro atoms. The molecule has 0 amide bonds. The van der Waals surface area contributed by atoms with E-state index in [0.29, 0.717) is 0 Å². The molecule has 1 fully saturated rings. The lowest BCUT2D eigenvalue weighted by atomic mass is 9.76. The molecule has 2 heteroatoms. The second-order valence-electron chi connectivity index (χ2n) is 6.86. The molecule has 1 saturated carbocycles. The van der Waals surface area contributed by atoms with Gasteiger partial charge in [-0.1, -0.05) is 61.5 Å². The highest BCUT2D eigenvalue weighted by atomic mass is 35.5. The number of halogens is 1. The van der Waals surface area contributed by atoms with Gasteiger partial charge < -0.3 is 4.90 Å². The number of allylic oxidation sites excluding steroid dienone is 6. The van der Waals surface area contributed by atoms with E-state index >= 15 is 0 Å². The molecule has 0 saturated heterocycles. The second-order valence-corrected chi connectivity index (χ2v) is 7.29. The third kappa shape index (κ3) is 3.91. The van der Waals surface area contributed by atoms with Crippen LogP contribution in [0.5, 0.6) is 0 Å². The minimum atomic E-state index is -0.0202. The van der Waals surface area contributed by atoms with Gasteiger partial charge >= 0.3 is 0 Å². The highest BCUT2D eigenvalue weighted by Gasteiger charge is 2.40. The molecule has 0 aliphatic heterocycles. The fraction of sp³-hybridized carbons (Fsp3) is 0.364. The third-order valence-corrected chi connectivity index (χ3v) is 5.07. The quantitative estimate of drug-likeness (QED) is 0.640. The van der Waals surface area contributed by atoms with Gasteiger partial charge in [-0.2, -0.15) is 0 Å². The average molecular weight is 342 g/mol. The Kier molecular flexibility index (Phi) is 6.26. The molecule has 1 nitrogen and oxygen atoms in total. The minimum Gasteiger partial charge on any atom is -0.309 e. The molecule has 1 aromatic carbocycles. The van der Waals surface area contributed by atoms with Crippen molar-refractivity contribution in [3.63, 3.8) is 0 Å². The van der Waals surface area contributed by atoms with Gasteiger partial charge in [0.15, 0.2) is 0 Å². The van der Waals surface area contributed by atoms with Crippen LogP contribution in [-0.4, -0.2) is 25.5 Å². The molecule has 1 unspecified atom stereocenters. The highest BCUT2D eigenvalue weighted by Crippen LogP contribution is 2.51. The summed E-state index contributed by atoms with van der Waals surface area (Å²) < 4.78 is 0. The molecule has 2 rings (SSSR count). The Morgan fingerprint density at radius 1 is 1.25 bits per heavy atom. The fourth-order valence-electron chi connectivity index (χ4n) is 3.49. The number of nitrogens with zero attached hydrogens (tertiary/aromatic N) is 1. The molecule has 128 valence electrons. The summed E-state index contributed by atoms with van der Waals surface area (Å²) in [5.41, 5.74) is 5.41. The van der Waals surface area contributed by atoms with Gasteiger partial charge in [0.2, 0.25) is 0 Å². The van der Waals surface area contributed by atoms with Crippen molar-refractivity contribution < 1.29 is 0 Å². The number of hydrogen-bond donors (Lipinski definition) is 0. The Bertz CT molecular complexity index is 676. The van der Waals surface area contributed by atoms with E-state index in [1.54, 1.807) is 0 Å². The number of rotatable bonds is 5. The Balaban J connectivity index is 2.52. The number of hydrogen-bond acceptors (Lipinski definition) is 1. The monoisotopic (exact) mass is 341 g/mol. The summed E-state index contributed by atoms with van der Waals surface area (Å²) in [4.78, 5) is 2.22. The third-order valence-electron chi connectivity index (χ3n) is 4.81. The van der Waals surface area contributed by atoms with E-state index < -0.39 is 0 Å². The van der Waals surface area contributed by atoms with Gasteiger partial charge in [-0.25, -0.2) is 0 Å². The zero-order valence-corrected chi connectivity index (χ0v) is 16.0. The van der Waals surface area contributed by atoms with Crippen LogP contribution >= 0.6 is 11.6 Å². The van der Waals surface area contributed by atoms with Crippen LogP contribution in [0.1, 0.15) is 32.3 Å². The lowest BCUT2D eigenvalue weighted by molar-refractivity contribution is 0.416. The SMILES string of the molecule is C=C/C=C1C(=C/C)\CC(C)(c2ccc(Cl)cc2)C\1=C\CCN(C)C. The van der Waals surface area contributed by atoms with Crippen LogP contribution < -0.4 is 0 Å². The topological polar surface area (TPSA) is 3.24 Å². The maximum atomic E-state index is 6.10. The first kappa shape index (κ1) is 18.8. The molecule has 0 radical (unpaired) electrons. The summed E-state index contributed by atoms with van der Waals surface area (Å²) in [6, 6.07) is 8.30. The lowest BCUT2D eigenvalue weighted by Crippen LogP contribution is -2.20. The van der Waals surface area contributed by atoms with Gasteiger partial charge in [0.1, 0.15) is 0 Å². The molecule has 0 heterocycles. The van der Waals surface area contributed by atoms with E-state index in [-0.39, 0.29) is 5.41 Å². The first-order chi connectivity index (χ1) is 11.4. The molecular formula is C22H28ClN. The molecular weight excluding hydrogens is 314 g/mol. The fourth-order valence-corrected chi connectivity index (χ4v) is 3.62. The smallest absolute Gasteiger partial charge is 0.0406 e. The Morgan fingerprint density at radius 2 is 1.92 bits per heavy atom. The summed E-state index contributed by atoms with van der Waals surface area (Å²) in [6.07, 6.45) is 10.7. The van der Waals surface area contributed by atoms with Crippen molar-refractivity contribution in [3.8, 4) is 0 Å². The normalized spacial score (nSPS) is 26.0. The van der Waals surface area contributed by atoms with Crippen LogP contribution in [0.4, 0.5) is 0 Å². The van der Waals surface area contributed by atoms with Gasteiger partial charge in [0.05, 0.1) is 0 Å². The van der Waals surface area contributed by atoms with Crippen LogP contribution in [0.2, 0.25) is 5.02 Å². The minimum absolute atomic E-state index is 0.0202. The lowest BCUT2D eigenvalue weighted by Gasteiger charge is -2.27. The number of benzene rings is 1. The van der Waals surface area contributed by atoms with Gasteiger partial charge in [0, 0.05) is 17.0 Å². The van der Waals surface area contributed by atoms with E-state index in [0.717, 1.165) is 24.4 Å². The molecule has 1 aliphatic carbocycles. The van der Waals surface area contributed by atoms with Crippen molar-refractivity contribution in [2.24, 2.45) is 0 Å². The van der Waals surface area contributed by atoms with Crippen molar-refractivity contribution in [2.75, 3.05) is 20.6 Å². The van der Waals surface area contributed by atoms with Crippen LogP contribution in [0, 0.1) is 0 Å². The van der Waals surface area contributed by atoms with Gasteiger partial charge in [0.25, 0.3) is 0 Å². The van der Waals surface area contributed by atoms with Crippen LogP contribution in [0.3, 0.4) is 0 Å². The zero-order valence-electron chi connectivity index (χ0n) is 15.3. The molecule has 1 aromatic rings. The predicted molar refractivity (Wildman–Crippen MR) is 107 cm³/mol. The van der Waals surface area contributed by atoms with E-state index in [1.807, 2.05) is 18.2 Å². The maximum Gasteiger partial charge on any atom is 0.0406 e. The Morgan fingerprint density at radius 3 is 2.46 bits per heavy atom. The van der Waals surface area contributed by atoms with Gasteiger partial charge in [-0.15, -0.1) is 0 Å². The van der Waals surface area contributed by atoms with Crippen molar-refractivity contribution in [1.29, 1.82) is 0 Å². The van der Waals surface area contributed by atoms with E-state index in [4.69, 9.17) is 11.6 Å². The van der Waals surface area contributed by atoms with Crippen LogP contribution in [0.15, 0.2) is 71.9 Å². The van der Waals surface area contributed by atoms with Crippen molar-refractivity contribution in [1.82, 2.24) is 4.90 Å². The molecule has 0 bridgehead atoms. The summed E-state index contributed by atoms with van der Waals surface area (Å²) in [5, 5.41) is 0.784. The van der Waals surface area contributed by atoms with Crippen molar-refractivity contribution >= 4 is 11.6 Å². The molecule has 1 aliphatic rings. The van der Waals surface area contributed by atoms with Gasteiger partial charge in [-0.05, 0) is 68.3 Å². The van der Waals surface area contributed by atoms with E-state index in [9.17, 15) is 0 Å². The van der Waals surface area contributed by atoms with E-state index in [1.165, 1.54) is 22.3 Å². The largest absolute Gasteiger partial charge is 0.309 e. The Hall–Kier alpha value is -1.57. The summed E-state index contributed by atoms with van der Waals surface area (Å²) in [6.45, 7) is 9.42. The maximum absolute atomic E-state index is 6.10. The van der Waals surface area contributed by atoms with Crippen LogP contribution in [-0.2, 0) is 5.41 Å². The standard InChI is InChI=1S/C22H28ClN/c1-6-9-20-17(7-2)16-22(3,18-11-13-19(23)14-12-18)21(20)10-8-15-24(4)5/h6-7,9-14H,1,8,15-16H2,2-5H3/b17-7-,20-9+,21-10+. The highest BCUT2D eigenvalue weighted by molar-refractivity contribution is 6.30. The molecule has 24 heavy (non-hydrogen) atoms. The first-order valence-electron chi connectivity index (χ1n) is 8.52. The Labute approximate surface area is 152 Å².